The molecule has 0 aliphatic rings. The van der Waals surface area contributed by atoms with E-state index in [1.807, 2.05) is 0 Å². The average Bonchev–Trinajstić information content (AvgIpc) is 3.14. The largest absolute Gasteiger partial charge is 0.440 e. The number of nitrogens with one attached hydrogen (secondary N) is 1. The maximum absolute atomic E-state index is 13.8. The summed E-state index contributed by atoms with van der Waals surface area (Å²) in [5, 5.41) is 2.68. The molecule has 0 unspecified atom stereocenters. The van der Waals surface area contributed by atoms with Crippen LogP contribution in [0.4, 0.5) is 27.6 Å². The van der Waals surface area contributed by atoms with Gasteiger partial charge in [0, 0.05) is 17.1 Å². The fourth-order valence-corrected chi connectivity index (χ4v) is 3.03. The van der Waals surface area contributed by atoms with Crippen LogP contribution in [0.1, 0.15) is 21.8 Å². The summed E-state index contributed by atoms with van der Waals surface area (Å²) in [6.45, 7) is 0. The molecular formula is C21H10ClF5N2O2. The molecule has 1 N–H and O–H groups in total. The maximum atomic E-state index is 13.8. The van der Waals surface area contributed by atoms with Gasteiger partial charge in [-0.15, -0.1) is 0 Å². The van der Waals surface area contributed by atoms with Gasteiger partial charge in [0.2, 0.25) is 5.82 Å². The summed E-state index contributed by atoms with van der Waals surface area (Å²) in [6.07, 6.45) is 0.359. The van der Waals surface area contributed by atoms with Gasteiger partial charge in [-0.05, 0) is 35.9 Å². The minimum Gasteiger partial charge on any atom is -0.440 e. The second kappa shape index (κ2) is 7.99. The number of amides is 1. The second-order valence-corrected chi connectivity index (χ2v) is 6.93. The van der Waals surface area contributed by atoms with Crippen LogP contribution in [-0.2, 0) is 6.42 Å². The molecule has 4 aromatic rings. The predicted molar refractivity (Wildman–Crippen MR) is 102 cm³/mol. The number of aromatic nitrogens is 1. The predicted octanol–water partition coefficient (Wildman–Crippen LogP) is 6.02. The van der Waals surface area contributed by atoms with E-state index in [1.165, 1.54) is 18.2 Å². The summed E-state index contributed by atoms with van der Waals surface area (Å²) < 4.78 is 73.1. The fraction of sp³-hybridized carbons (Fsp3) is 0.0476. The first-order valence-corrected chi connectivity index (χ1v) is 9.09. The number of benzene rings is 3. The molecular weight excluding hydrogens is 443 g/mol. The highest BCUT2D eigenvalue weighted by atomic mass is 35.5. The van der Waals surface area contributed by atoms with E-state index >= 15 is 0 Å². The van der Waals surface area contributed by atoms with Crippen molar-refractivity contribution in [3.05, 3.63) is 93.6 Å². The molecule has 1 amide bonds. The number of halogens is 6. The highest BCUT2D eigenvalue weighted by Gasteiger charge is 2.29. The first-order chi connectivity index (χ1) is 14.7. The van der Waals surface area contributed by atoms with E-state index in [1.54, 1.807) is 24.3 Å². The van der Waals surface area contributed by atoms with Gasteiger partial charge in [-0.1, -0.05) is 23.7 Å². The lowest BCUT2D eigenvalue weighted by atomic mass is 10.1. The Bertz CT molecular complexity index is 1290. The molecule has 0 radical (unpaired) electrons. The van der Waals surface area contributed by atoms with Gasteiger partial charge in [0.15, 0.2) is 34.7 Å². The zero-order chi connectivity index (χ0) is 22.3. The number of anilines is 1. The van der Waals surface area contributed by atoms with Crippen molar-refractivity contribution in [2.75, 3.05) is 5.32 Å². The normalized spacial score (nSPS) is 11.2. The molecule has 0 fully saturated rings. The molecule has 0 saturated carbocycles. The van der Waals surface area contributed by atoms with Crippen LogP contribution in [0.15, 0.2) is 46.9 Å². The average molecular weight is 453 g/mol. The van der Waals surface area contributed by atoms with Gasteiger partial charge in [0.1, 0.15) is 11.1 Å². The number of fused-ring (bicyclic) bond motifs is 1. The smallest absolute Gasteiger partial charge is 0.261 e. The Morgan fingerprint density at radius 2 is 1.52 bits per heavy atom. The van der Waals surface area contributed by atoms with Crippen LogP contribution in [0.5, 0.6) is 0 Å². The molecule has 0 spiro atoms. The number of nitrogens with zero attached hydrogens (tertiary/aromatic N) is 1. The van der Waals surface area contributed by atoms with E-state index < -0.39 is 40.6 Å². The summed E-state index contributed by atoms with van der Waals surface area (Å²) in [5.41, 5.74) is 0.0148. The van der Waals surface area contributed by atoms with Crippen molar-refractivity contribution in [1.82, 2.24) is 4.98 Å². The van der Waals surface area contributed by atoms with Crippen molar-refractivity contribution >= 4 is 34.3 Å². The van der Waals surface area contributed by atoms with Gasteiger partial charge in [0.05, 0.1) is 0 Å². The van der Waals surface area contributed by atoms with Crippen molar-refractivity contribution in [2.45, 2.75) is 6.42 Å². The number of hydrogen-bond acceptors (Lipinski definition) is 3. The first kappa shape index (κ1) is 20.8. The van der Waals surface area contributed by atoms with E-state index in [0.29, 0.717) is 28.4 Å². The summed E-state index contributed by atoms with van der Waals surface area (Å²) in [7, 11) is 0. The molecule has 1 aromatic heterocycles. The Hall–Kier alpha value is -3.46. The van der Waals surface area contributed by atoms with Crippen molar-refractivity contribution < 1.29 is 31.2 Å². The molecule has 1 heterocycles. The van der Waals surface area contributed by atoms with Crippen LogP contribution >= 0.6 is 11.6 Å². The third-order valence-electron chi connectivity index (χ3n) is 4.40. The lowest BCUT2D eigenvalue weighted by molar-refractivity contribution is 0.101. The first-order valence-electron chi connectivity index (χ1n) is 8.71. The number of oxazole rings is 1. The zero-order valence-electron chi connectivity index (χ0n) is 15.3. The number of rotatable bonds is 4. The van der Waals surface area contributed by atoms with Crippen LogP contribution < -0.4 is 5.32 Å². The highest BCUT2D eigenvalue weighted by Crippen LogP contribution is 2.26. The van der Waals surface area contributed by atoms with Gasteiger partial charge in [-0.25, -0.2) is 26.9 Å². The van der Waals surface area contributed by atoms with Crippen molar-refractivity contribution in [1.29, 1.82) is 0 Å². The lowest BCUT2D eigenvalue weighted by Gasteiger charge is -2.09. The molecule has 10 heteroatoms. The van der Waals surface area contributed by atoms with Gasteiger partial charge in [0.25, 0.3) is 5.91 Å². The monoisotopic (exact) mass is 452 g/mol. The van der Waals surface area contributed by atoms with E-state index in [2.05, 4.69) is 10.3 Å². The molecule has 158 valence electrons. The Morgan fingerprint density at radius 3 is 2.16 bits per heavy atom. The molecule has 0 saturated heterocycles. The minimum atomic E-state index is -2.34. The van der Waals surface area contributed by atoms with Crippen LogP contribution in [0, 0.1) is 29.1 Å². The number of carbonyl (C=O) groups is 1. The molecule has 0 atom stereocenters. The van der Waals surface area contributed by atoms with Crippen molar-refractivity contribution in [2.24, 2.45) is 0 Å². The molecule has 0 bridgehead atoms. The second-order valence-electron chi connectivity index (χ2n) is 6.49. The zero-order valence-corrected chi connectivity index (χ0v) is 16.0. The lowest BCUT2D eigenvalue weighted by Crippen LogP contribution is -2.19. The molecule has 4 rings (SSSR count). The van der Waals surface area contributed by atoms with Crippen LogP contribution in [0.25, 0.3) is 11.1 Å². The number of carbonyl (C=O) groups excluding carboxylic acids is 1. The van der Waals surface area contributed by atoms with E-state index in [-0.39, 0.29) is 5.69 Å². The standard InChI is InChI=1S/C21H10ClF5N2O2/c22-10-3-1-9(2-4-10)7-14-29-12-8-11(5-6-13(12)31-14)28-21(30)15-16(23)18(25)20(27)19(26)17(15)24/h1-6,8H,7H2,(H,28,30). The van der Waals surface area contributed by atoms with Crippen molar-refractivity contribution in [3.8, 4) is 0 Å². The fourth-order valence-electron chi connectivity index (χ4n) is 2.90. The Balaban J connectivity index is 1.60. The number of hydrogen-bond donors (Lipinski definition) is 1. The molecule has 0 aliphatic carbocycles. The van der Waals surface area contributed by atoms with E-state index in [4.69, 9.17) is 16.0 Å². The van der Waals surface area contributed by atoms with Gasteiger partial charge in [-0.3, -0.25) is 4.79 Å². The Kier molecular flexibility index (Phi) is 5.36. The SMILES string of the molecule is O=C(Nc1ccc2oc(Cc3ccc(Cl)cc3)nc2c1)c1c(F)c(F)c(F)c(F)c1F. The third kappa shape index (κ3) is 3.96. The van der Waals surface area contributed by atoms with Gasteiger partial charge in [-0.2, -0.15) is 0 Å². The molecule has 3 aromatic carbocycles. The molecule has 4 nitrogen and oxygen atoms in total. The van der Waals surface area contributed by atoms with Crippen LogP contribution in [0.3, 0.4) is 0 Å². The van der Waals surface area contributed by atoms with Crippen LogP contribution in [-0.4, -0.2) is 10.9 Å². The van der Waals surface area contributed by atoms with Crippen molar-refractivity contribution in [3.63, 3.8) is 0 Å². The Morgan fingerprint density at radius 1 is 0.903 bits per heavy atom. The Labute approximate surface area is 176 Å². The molecule has 0 aliphatic heterocycles. The van der Waals surface area contributed by atoms with E-state index in [9.17, 15) is 26.7 Å². The maximum Gasteiger partial charge on any atom is 0.261 e. The van der Waals surface area contributed by atoms with E-state index in [0.717, 1.165) is 5.56 Å². The summed E-state index contributed by atoms with van der Waals surface area (Å²) in [5.74, 6) is -12.3. The van der Waals surface area contributed by atoms with Gasteiger partial charge >= 0.3 is 0 Å². The van der Waals surface area contributed by atoms with Crippen LogP contribution in [0.2, 0.25) is 5.02 Å². The topological polar surface area (TPSA) is 55.1 Å². The quantitative estimate of drug-likeness (QED) is 0.234. The summed E-state index contributed by atoms with van der Waals surface area (Å²) in [6, 6.07) is 11.2. The minimum absolute atomic E-state index is 0.0211. The highest BCUT2D eigenvalue weighted by molar-refractivity contribution is 6.30. The van der Waals surface area contributed by atoms with Gasteiger partial charge < -0.3 is 9.73 Å². The summed E-state index contributed by atoms with van der Waals surface area (Å²) in [4.78, 5) is 16.5. The third-order valence-corrected chi connectivity index (χ3v) is 4.65. The molecule has 31 heavy (non-hydrogen) atoms. The summed E-state index contributed by atoms with van der Waals surface area (Å²) >= 11 is 5.85.